The number of hydrogen-bond acceptors (Lipinski definition) is 3. The molecule has 1 aliphatic heterocycles. The minimum atomic E-state index is -4.33. The van der Waals surface area contributed by atoms with Crippen LogP contribution in [0.3, 0.4) is 0 Å². The van der Waals surface area contributed by atoms with Gasteiger partial charge in [-0.25, -0.2) is 4.98 Å². The van der Waals surface area contributed by atoms with E-state index < -0.39 is 11.7 Å². The fourth-order valence-electron chi connectivity index (χ4n) is 4.77. The summed E-state index contributed by atoms with van der Waals surface area (Å²) in [5.74, 6) is 0.639. The monoisotopic (exact) mass is 631 g/mol. The van der Waals surface area contributed by atoms with Crippen LogP contribution in [0.5, 0.6) is 0 Å². The van der Waals surface area contributed by atoms with Crippen molar-refractivity contribution in [1.29, 1.82) is 0 Å². The molecule has 248 valence electrons. The minimum Gasteiger partial charge on any atom is -0.366 e. The molecule has 1 fully saturated rings. The Morgan fingerprint density at radius 3 is 1.96 bits per heavy atom. The quantitative estimate of drug-likeness (QED) is 0.147. The van der Waals surface area contributed by atoms with Gasteiger partial charge >= 0.3 is 6.18 Å². The van der Waals surface area contributed by atoms with Gasteiger partial charge in [0.15, 0.2) is 0 Å². The van der Waals surface area contributed by atoms with Crippen molar-refractivity contribution in [2.24, 2.45) is 0 Å². The molecule has 2 heterocycles. The van der Waals surface area contributed by atoms with Gasteiger partial charge in [-0.1, -0.05) is 127 Å². The summed E-state index contributed by atoms with van der Waals surface area (Å²) >= 11 is 0. The van der Waals surface area contributed by atoms with Crippen LogP contribution in [-0.4, -0.2) is 30.0 Å². The number of alkyl halides is 3. The predicted molar refractivity (Wildman–Crippen MR) is 194 cm³/mol. The molecule has 1 N–H and O–H groups in total. The fourth-order valence-corrected chi connectivity index (χ4v) is 4.77. The number of halogens is 3. The summed E-state index contributed by atoms with van der Waals surface area (Å²) in [6.07, 6.45) is 9.92. The maximum atomic E-state index is 12.7. The number of aromatic nitrogens is 1. The molecule has 1 saturated heterocycles. The number of hydrogen-bond donors (Lipinski definition) is 1. The predicted octanol–water partition coefficient (Wildman–Crippen LogP) is 12.0. The zero-order valence-electron chi connectivity index (χ0n) is 28.3. The van der Waals surface area contributed by atoms with Crippen molar-refractivity contribution in [3.8, 4) is 0 Å². The molecule has 3 nitrogen and oxygen atoms in total. The second kappa shape index (κ2) is 21.0. The van der Waals surface area contributed by atoms with E-state index in [1.807, 2.05) is 62.4 Å². The van der Waals surface area contributed by atoms with Gasteiger partial charge in [0.25, 0.3) is 0 Å². The van der Waals surface area contributed by atoms with Gasteiger partial charge in [-0.3, -0.25) is 0 Å². The molecule has 0 saturated carbocycles. The summed E-state index contributed by atoms with van der Waals surface area (Å²) in [5, 5.41) is 4.17. The molecule has 0 unspecified atom stereocenters. The van der Waals surface area contributed by atoms with Crippen LogP contribution in [0.1, 0.15) is 94.0 Å². The lowest BCUT2D eigenvalue weighted by atomic mass is 10.0. The van der Waals surface area contributed by atoms with Gasteiger partial charge in [-0.15, -0.1) is 0 Å². The molecular weight excluding hydrogens is 579 g/mol. The third kappa shape index (κ3) is 13.6. The van der Waals surface area contributed by atoms with Gasteiger partial charge in [0.1, 0.15) is 5.82 Å². The smallest absolute Gasteiger partial charge is 0.366 e. The maximum absolute atomic E-state index is 12.7. The highest BCUT2D eigenvalue weighted by atomic mass is 19.4. The number of benzene rings is 3. The summed E-state index contributed by atoms with van der Waals surface area (Å²) in [7, 11) is 2.17. The average Bonchev–Trinajstić information content (AvgIpc) is 3.57. The summed E-state index contributed by atoms with van der Waals surface area (Å²) < 4.78 is 38.2. The summed E-state index contributed by atoms with van der Waals surface area (Å²) in [4.78, 5) is 7.01. The van der Waals surface area contributed by atoms with Gasteiger partial charge < -0.3 is 10.2 Å². The van der Waals surface area contributed by atoms with Gasteiger partial charge in [-0.05, 0) is 85.6 Å². The molecule has 0 bridgehead atoms. The van der Waals surface area contributed by atoms with Crippen LogP contribution in [0.15, 0.2) is 85.4 Å². The Labute approximate surface area is 275 Å². The third-order valence-electron chi connectivity index (χ3n) is 7.39. The lowest BCUT2D eigenvalue weighted by Gasteiger charge is -2.11. The van der Waals surface area contributed by atoms with Crippen molar-refractivity contribution in [3.63, 3.8) is 0 Å². The first-order valence-electron chi connectivity index (χ1n) is 16.6. The highest BCUT2D eigenvalue weighted by Crippen LogP contribution is 2.29. The lowest BCUT2D eigenvalue weighted by Crippen LogP contribution is -2.10. The van der Waals surface area contributed by atoms with Crippen LogP contribution in [-0.2, 0) is 12.7 Å². The van der Waals surface area contributed by atoms with E-state index in [2.05, 4.69) is 60.9 Å². The van der Waals surface area contributed by atoms with Gasteiger partial charge in [0.2, 0.25) is 0 Å². The Balaban J connectivity index is 0.000000438. The lowest BCUT2D eigenvalue weighted by molar-refractivity contribution is -0.137. The topological polar surface area (TPSA) is 28.2 Å². The van der Waals surface area contributed by atoms with Gasteiger partial charge in [0, 0.05) is 11.9 Å². The molecule has 0 atom stereocenters. The zero-order valence-corrected chi connectivity index (χ0v) is 28.3. The van der Waals surface area contributed by atoms with E-state index in [4.69, 9.17) is 0 Å². The van der Waals surface area contributed by atoms with E-state index in [0.717, 1.165) is 45.3 Å². The largest absolute Gasteiger partial charge is 0.416 e. The number of anilines is 1. The first kappa shape index (κ1) is 38.3. The second-order valence-corrected chi connectivity index (χ2v) is 11.1. The zero-order chi connectivity index (χ0) is 33.8. The van der Waals surface area contributed by atoms with E-state index in [-0.39, 0.29) is 0 Å². The van der Waals surface area contributed by atoms with E-state index in [1.165, 1.54) is 63.7 Å². The number of rotatable bonds is 9. The number of nitrogens with zero attached hydrogens (tertiary/aromatic N) is 2. The van der Waals surface area contributed by atoms with Crippen molar-refractivity contribution in [3.05, 3.63) is 113 Å². The Morgan fingerprint density at radius 1 is 0.826 bits per heavy atom. The highest BCUT2D eigenvalue weighted by Gasteiger charge is 2.29. The molecule has 1 aliphatic rings. The van der Waals surface area contributed by atoms with Crippen molar-refractivity contribution in [2.75, 3.05) is 25.5 Å². The Hall–Kier alpha value is -3.90. The second-order valence-electron chi connectivity index (χ2n) is 11.1. The van der Waals surface area contributed by atoms with E-state index in [9.17, 15) is 13.2 Å². The first-order chi connectivity index (χ1) is 22.2. The number of fused-ring (bicyclic) bond motifs is 1. The van der Waals surface area contributed by atoms with Crippen LogP contribution < -0.4 is 5.32 Å². The van der Waals surface area contributed by atoms with Crippen LogP contribution in [0.4, 0.5) is 19.0 Å². The van der Waals surface area contributed by atoms with Crippen LogP contribution >= 0.6 is 0 Å². The molecule has 0 amide bonds. The van der Waals surface area contributed by atoms with Crippen molar-refractivity contribution >= 4 is 34.9 Å². The summed E-state index contributed by atoms with van der Waals surface area (Å²) in [5.41, 5.74) is 4.00. The molecule has 5 rings (SSSR count). The minimum absolute atomic E-state index is 0.366. The summed E-state index contributed by atoms with van der Waals surface area (Å²) in [6, 6.07) is 23.1. The highest BCUT2D eigenvalue weighted by molar-refractivity contribution is 5.91. The van der Waals surface area contributed by atoms with Crippen LogP contribution in [0.2, 0.25) is 0 Å². The molecule has 0 radical (unpaired) electrons. The number of pyridine rings is 1. The van der Waals surface area contributed by atoms with Crippen LogP contribution in [0, 0.1) is 0 Å². The standard InChI is InChI=1S/C27H21F3N2.C6H14.C5H11N.C2H6/c1-2-22-17-26(31-18-21-10-13-23(14-11-21)27(28,29)30)32-25-15-12-20(16-24(22)25)9-8-19-6-4-3-5-7-19;1-3-5-6-4-2;1-6-4-2-3-5-6;1-2/h2-17H,1,18H2,(H,31,32);3-6H2,1-2H3;2-5H2,1H3;1-2H3/b9-8+;;;. The molecule has 4 aromatic rings. The molecule has 1 aromatic heterocycles. The van der Waals surface area contributed by atoms with E-state index in [1.54, 1.807) is 6.08 Å². The molecule has 0 aliphatic carbocycles. The normalized spacial score (nSPS) is 12.8. The van der Waals surface area contributed by atoms with Gasteiger partial charge in [-0.2, -0.15) is 13.2 Å². The van der Waals surface area contributed by atoms with Crippen LogP contribution in [0.25, 0.3) is 29.1 Å². The molecule has 46 heavy (non-hydrogen) atoms. The SMILES string of the molecule is C=Cc1cc(NCc2ccc(C(F)(F)F)cc2)nc2ccc(/C=C/c3ccccc3)cc12.CC.CCCCCC.CN1CCCC1. The molecular formula is C40H52F3N3. The Kier molecular flexibility index (Phi) is 17.5. The number of nitrogens with one attached hydrogen (secondary N) is 1. The third-order valence-corrected chi connectivity index (χ3v) is 7.39. The van der Waals surface area contributed by atoms with E-state index >= 15 is 0 Å². The van der Waals surface area contributed by atoms with E-state index in [0.29, 0.717) is 12.4 Å². The van der Waals surface area contributed by atoms with Gasteiger partial charge in [0.05, 0.1) is 11.1 Å². The molecule has 3 aromatic carbocycles. The van der Waals surface area contributed by atoms with Crippen molar-refractivity contribution in [2.45, 2.75) is 78.9 Å². The summed E-state index contributed by atoms with van der Waals surface area (Å²) in [6.45, 7) is 15.4. The molecule has 6 heteroatoms. The Morgan fingerprint density at radius 2 is 1.43 bits per heavy atom. The molecule has 0 spiro atoms. The Bertz CT molecular complexity index is 1430. The van der Waals surface area contributed by atoms with Crippen molar-refractivity contribution in [1.82, 2.24) is 9.88 Å². The average molecular weight is 632 g/mol. The fraction of sp³-hybridized carbons (Fsp3) is 0.375. The number of unbranched alkanes of at least 4 members (excludes halogenated alkanes) is 3. The number of likely N-dealkylation sites (tertiary alicyclic amines) is 1. The van der Waals surface area contributed by atoms with Crippen molar-refractivity contribution < 1.29 is 13.2 Å². The first-order valence-corrected chi connectivity index (χ1v) is 16.6. The maximum Gasteiger partial charge on any atom is 0.416 e.